The van der Waals surface area contributed by atoms with Crippen LogP contribution in [-0.4, -0.2) is 49.1 Å². The Morgan fingerprint density at radius 2 is 1.96 bits per heavy atom. The first-order valence-corrected chi connectivity index (χ1v) is 9.30. The van der Waals surface area contributed by atoms with Crippen LogP contribution >= 0.6 is 0 Å². The predicted molar refractivity (Wildman–Crippen MR) is 97.0 cm³/mol. The molecule has 3 N–H and O–H groups in total. The van der Waals surface area contributed by atoms with Gasteiger partial charge in [-0.15, -0.1) is 0 Å². The minimum Gasteiger partial charge on any atom is -0.354 e. The summed E-state index contributed by atoms with van der Waals surface area (Å²) in [5.74, 6) is 0.435. The number of amides is 3. The number of nitrogens with one attached hydrogen (secondary N) is 3. The van der Waals surface area contributed by atoms with Gasteiger partial charge < -0.3 is 20.9 Å². The van der Waals surface area contributed by atoms with Crippen molar-refractivity contribution < 1.29 is 9.59 Å². The van der Waals surface area contributed by atoms with Gasteiger partial charge in [0.25, 0.3) is 0 Å². The van der Waals surface area contributed by atoms with E-state index in [9.17, 15) is 9.59 Å². The first-order chi connectivity index (χ1) is 12.2. The average molecular weight is 344 g/mol. The van der Waals surface area contributed by atoms with Crippen LogP contribution in [0.3, 0.4) is 0 Å². The molecule has 2 unspecified atom stereocenters. The molecule has 2 fully saturated rings. The van der Waals surface area contributed by atoms with Crippen molar-refractivity contribution >= 4 is 11.9 Å². The molecule has 0 aliphatic carbocycles. The Labute approximate surface area is 149 Å². The Kier molecular flexibility index (Phi) is 6.28. The molecule has 2 heterocycles. The van der Waals surface area contributed by atoms with Crippen LogP contribution in [0.15, 0.2) is 30.3 Å². The van der Waals surface area contributed by atoms with Crippen LogP contribution in [0.1, 0.15) is 31.2 Å². The predicted octanol–water partition coefficient (Wildman–Crippen LogP) is 1.48. The Balaban J connectivity index is 1.40. The molecule has 1 aromatic rings. The highest BCUT2D eigenvalue weighted by molar-refractivity contribution is 5.82. The monoisotopic (exact) mass is 344 g/mol. The van der Waals surface area contributed by atoms with Crippen molar-refractivity contribution in [3.05, 3.63) is 35.9 Å². The Bertz CT molecular complexity index is 572. The molecule has 3 amide bonds. The summed E-state index contributed by atoms with van der Waals surface area (Å²) in [5.41, 5.74) is 1.10. The Hall–Kier alpha value is -2.08. The number of piperidine rings is 1. The smallest absolute Gasteiger partial charge is 0.317 e. The lowest BCUT2D eigenvalue weighted by molar-refractivity contribution is -0.123. The van der Waals surface area contributed by atoms with Gasteiger partial charge in [0.15, 0.2) is 0 Å². The van der Waals surface area contributed by atoms with Crippen LogP contribution in [0.4, 0.5) is 4.79 Å². The molecular weight excluding hydrogens is 316 g/mol. The quantitative estimate of drug-likeness (QED) is 0.757. The fourth-order valence-corrected chi connectivity index (χ4v) is 3.58. The molecule has 2 atom stereocenters. The van der Waals surface area contributed by atoms with Crippen molar-refractivity contribution in [3.8, 4) is 0 Å². The highest BCUT2D eigenvalue weighted by Gasteiger charge is 2.26. The summed E-state index contributed by atoms with van der Waals surface area (Å²) in [7, 11) is 0. The van der Waals surface area contributed by atoms with E-state index in [2.05, 4.69) is 16.0 Å². The number of carbonyl (C=O) groups excluding carboxylic acids is 2. The molecule has 0 radical (unpaired) electrons. The molecule has 25 heavy (non-hydrogen) atoms. The van der Waals surface area contributed by atoms with E-state index in [0.717, 1.165) is 44.3 Å². The van der Waals surface area contributed by atoms with Crippen LogP contribution in [0.25, 0.3) is 0 Å². The van der Waals surface area contributed by atoms with Crippen LogP contribution in [-0.2, 0) is 11.3 Å². The van der Waals surface area contributed by atoms with E-state index in [1.807, 2.05) is 35.2 Å². The minimum absolute atomic E-state index is 0.0164. The van der Waals surface area contributed by atoms with E-state index < -0.39 is 0 Å². The zero-order valence-corrected chi connectivity index (χ0v) is 14.7. The van der Waals surface area contributed by atoms with Crippen molar-refractivity contribution in [2.24, 2.45) is 5.92 Å². The van der Waals surface area contributed by atoms with E-state index in [4.69, 9.17) is 0 Å². The number of benzene rings is 1. The van der Waals surface area contributed by atoms with Crippen molar-refractivity contribution in [1.82, 2.24) is 20.9 Å². The van der Waals surface area contributed by atoms with Crippen LogP contribution in [0.2, 0.25) is 0 Å². The fourth-order valence-electron chi connectivity index (χ4n) is 3.58. The minimum atomic E-state index is -0.0335. The van der Waals surface area contributed by atoms with Crippen molar-refractivity contribution in [2.45, 2.75) is 38.3 Å². The van der Waals surface area contributed by atoms with Gasteiger partial charge in [0.1, 0.15) is 0 Å². The highest BCUT2D eigenvalue weighted by Crippen LogP contribution is 2.16. The summed E-state index contributed by atoms with van der Waals surface area (Å²) < 4.78 is 0. The molecule has 2 saturated heterocycles. The summed E-state index contributed by atoms with van der Waals surface area (Å²) in [6.45, 7) is 3.62. The van der Waals surface area contributed by atoms with Crippen LogP contribution < -0.4 is 16.0 Å². The highest BCUT2D eigenvalue weighted by atomic mass is 16.2. The van der Waals surface area contributed by atoms with Gasteiger partial charge in [-0.3, -0.25) is 4.79 Å². The number of urea groups is 1. The maximum atomic E-state index is 12.4. The third-order valence-corrected chi connectivity index (χ3v) is 5.03. The molecule has 3 rings (SSSR count). The van der Waals surface area contributed by atoms with Gasteiger partial charge in [-0.2, -0.15) is 0 Å². The van der Waals surface area contributed by atoms with Crippen molar-refractivity contribution in [2.75, 3.05) is 26.2 Å². The third-order valence-electron chi connectivity index (χ3n) is 5.03. The van der Waals surface area contributed by atoms with E-state index in [-0.39, 0.29) is 18.0 Å². The molecule has 136 valence electrons. The lowest BCUT2D eigenvalue weighted by atomic mass is 9.98. The van der Waals surface area contributed by atoms with Crippen molar-refractivity contribution in [3.63, 3.8) is 0 Å². The second-order valence-corrected chi connectivity index (χ2v) is 6.99. The fraction of sp³-hybridized carbons (Fsp3) is 0.579. The van der Waals surface area contributed by atoms with Gasteiger partial charge in [0.2, 0.25) is 5.91 Å². The normalized spacial score (nSPS) is 23.3. The Morgan fingerprint density at radius 1 is 1.12 bits per heavy atom. The van der Waals surface area contributed by atoms with Gasteiger partial charge >= 0.3 is 6.03 Å². The zero-order chi connectivity index (χ0) is 17.5. The molecule has 1 aromatic carbocycles. The molecular formula is C19H28N4O2. The molecule has 0 bridgehead atoms. The molecule has 6 nitrogen and oxygen atoms in total. The summed E-state index contributed by atoms with van der Waals surface area (Å²) in [6.07, 6.45) is 4.03. The first kappa shape index (κ1) is 17.7. The number of hydrogen-bond acceptors (Lipinski definition) is 3. The number of hydrogen-bond donors (Lipinski definition) is 3. The topological polar surface area (TPSA) is 73.5 Å². The summed E-state index contributed by atoms with van der Waals surface area (Å²) in [5, 5.41) is 9.26. The lowest BCUT2D eigenvalue weighted by Crippen LogP contribution is -2.49. The molecule has 2 aliphatic heterocycles. The number of carbonyl (C=O) groups is 2. The largest absolute Gasteiger partial charge is 0.354 e. The van der Waals surface area contributed by atoms with Crippen LogP contribution in [0, 0.1) is 5.92 Å². The zero-order valence-electron chi connectivity index (χ0n) is 14.7. The van der Waals surface area contributed by atoms with E-state index >= 15 is 0 Å². The van der Waals surface area contributed by atoms with Gasteiger partial charge in [-0.1, -0.05) is 30.3 Å². The lowest BCUT2D eigenvalue weighted by Gasteiger charge is -2.33. The number of likely N-dealkylation sites (tertiary alicyclic amines) is 1. The maximum Gasteiger partial charge on any atom is 0.317 e. The summed E-state index contributed by atoms with van der Waals surface area (Å²) in [6, 6.07) is 9.88. The first-order valence-electron chi connectivity index (χ1n) is 9.30. The maximum absolute atomic E-state index is 12.4. The van der Waals surface area contributed by atoms with Gasteiger partial charge in [0.05, 0.1) is 6.04 Å². The van der Waals surface area contributed by atoms with E-state index in [0.29, 0.717) is 25.6 Å². The Morgan fingerprint density at radius 3 is 2.72 bits per heavy atom. The third kappa shape index (κ3) is 5.19. The van der Waals surface area contributed by atoms with Crippen LogP contribution in [0.5, 0.6) is 0 Å². The SMILES string of the molecule is O=C(NCC1CCCN(C(=O)NCc2ccccc2)C1)C1CCCN1. The average Bonchev–Trinajstić information content (AvgIpc) is 3.20. The molecule has 0 saturated carbocycles. The van der Waals surface area contributed by atoms with Gasteiger partial charge in [-0.05, 0) is 43.7 Å². The number of nitrogens with zero attached hydrogens (tertiary/aromatic N) is 1. The molecule has 6 heteroatoms. The standard InChI is InChI=1S/C19H28N4O2/c24-18(17-9-4-10-20-17)21-13-16-8-5-11-23(14-16)19(25)22-12-15-6-2-1-3-7-15/h1-3,6-7,16-17,20H,4-5,8-14H2,(H,21,24)(H,22,25). The molecule has 0 aromatic heterocycles. The van der Waals surface area contributed by atoms with E-state index in [1.54, 1.807) is 0 Å². The summed E-state index contributed by atoms with van der Waals surface area (Å²) in [4.78, 5) is 26.4. The number of rotatable bonds is 5. The molecule has 0 spiro atoms. The second kappa shape index (κ2) is 8.85. The van der Waals surface area contributed by atoms with Gasteiger partial charge in [0, 0.05) is 26.2 Å². The van der Waals surface area contributed by atoms with Crippen molar-refractivity contribution in [1.29, 1.82) is 0 Å². The van der Waals surface area contributed by atoms with E-state index in [1.165, 1.54) is 0 Å². The van der Waals surface area contributed by atoms with Gasteiger partial charge in [-0.25, -0.2) is 4.79 Å². The summed E-state index contributed by atoms with van der Waals surface area (Å²) >= 11 is 0. The molecule has 2 aliphatic rings. The second-order valence-electron chi connectivity index (χ2n) is 6.99.